The summed E-state index contributed by atoms with van der Waals surface area (Å²) < 4.78 is 0. The maximum Gasteiger partial charge on any atom is 0.159 e. The number of anilines is 1. The van der Waals surface area contributed by atoms with Crippen LogP contribution in [0.2, 0.25) is 0 Å². The average molecular weight is 243 g/mol. The lowest BCUT2D eigenvalue weighted by molar-refractivity contribution is 0.101. The number of rotatable bonds is 3. The molecular formula is C14H13NOS. The van der Waals surface area contributed by atoms with Crippen molar-refractivity contribution in [3.63, 3.8) is 0 Å². The number of nitrogens with two attached hydrogens (primary N) is 1. The van der Waals surface area contributed by atoms with Crippen molar-refractivity contribution in [3.8, 4) is 0 Å². The highest BCUT2D eigenvalue weighted by Gasteiger charge is 2.03. The van der Waals surface area contributed by atoms with Crippen molar-refractivity contribution in [1.82, 2.24) is 0 Å². The molecule has 2 aromatic carbocycles. The second-order valence-corrected chi connectivity index (χ2v) is 4.84. The molecule has 2 rings (SSSR count). The highest BCUT2D eigenvalue weighted by atomic mass is 32.2. The summed E-state index contributed by atoms with van der Waals surface area (Å²) in [6, 6.07) is 15.3. The maximum absolute atomic E-state index is 11.3. The Morgan fingerprint density at radius 3 is 2.59 bits per heavy atom. The molecule has 86 valence electrons. The van der Waals surface area contributed by atoms with Gasteiger partial charge in [0.15, 0.2) is 5.78 Å². The second kappa shape index (κ2) is 5.06. The first kappa shape index (κ1) is 11.7. The smallest absolute Gasteiger partial charge is 0.159 e. The van der Waals surface area contributed by atoms with E-state index in [0.717, 1.165) is 21.0 Å². The number of carbonyl (C=O) groups is 1. The summed E-state index contributed by atoms with van der Waals surface area (Å²) in [4.78, 5) is 13.3. The van der Waals surface area contributed by atoms with Crippen LogP contribution in [0.4, 0.5) is 5.69 Å². The Bertz CT molecular complexity index is 551. The molecule has 0 amide bonds. The molecule has 17 heavy (non-hydrogen) atoms. The van der Waals surface area contributed by atoms with Gasteiger partial charge < -0.3 is 5.73 Å². The van der Waals surface area contributed by atoms with Crippen LogP contribution in [0.25, 0.3) is 0 Å². The van der Waals surface area contributed by atoms with Gasteiger partial charge in [-0.2, -0.15) is 0 Å². The molecule has 0 aromatic heterocycles. The zero-order chi connectivity index (χ0) is 12.3. The molecule has 0 aliphatic rings. The molecule has 0 spiro atoms. The predicted molar refractivity (Wildman–Crippen MR) is 71.4 cm³/mol. The first-order valence-electron chi connectivity index (χ1n) is 5.30. The molecule has 0 unspecified atom stereocenters. The Morgan fingerprint density at radius 2 is 1.88 bits per heavy atom. The Morgan fingerprint density at radius 1 is 1.12 bits per heavy atom. The zero-order valence-corrected chi connectivity index (χ0v) is 10.3. The van der Waals surface area contributed by atoms with Gasteiger partial charge in [0.25, 0.3) is 0 Å². The molecule has 3 heteroatoms. The molecule has 0 bridgehead atoms. The molecule has 2 nitrogen and oxygen atoms in total. The van der Waals surface area contributed by atoms with Gasteiger partial charge in [-0.05, 0) is 31.2 Å². The van der Waals surface area contributed by atoms with Gasteiger partial charge in [-0.1, -0.05) is 36.0 Å². The van der Waals surface area contributed by atoms with E-state index in [-0.39, 0.29) is 5.78 Å². The van der Waals surface area contributed by atoms with Gasteiger partial charge in [-0.25, -0.2) is 0 Å². The van der Waals surface area contributed by atoms with Gasteiger partial charge in [0.2, 0.25) is 0 Å². The number of para-hydroxylation sites is 1. The van der Waals surface area contributed by atoms with Crippen LogP contribution < -0.4 is 5.73 Å². The summed E-state index contributed by atoms with van der Waals surface area (Å²) in [6.07, 6.45) is 0. The SMILES string of the molecule is CC(=O)c1cccc(Sc2ccccc2N)c1. The zero-order valence-electron chi connectivity index (χ0n) is 9.51. The molecule has 2 aromatic rings. The maximum atomic E-state index is 11.3. The number of hydrogen-bond donors (Lipinski definition) is 1. The molecule has 0 atom stereocenters. The fourth-order valence-electron chi connectivity index (χ4n) is 1.48. The third-order valence-electron chi connectivity index (χ3n) is 2.39. The van der Waals surface area contributed by atoms with Crippen LogP contribution in [0.5, 0.6) is 0 Å². The molecule has 0 aliphatic heterocycles. The van der Waals surface area contributed by atoms with E-state index in [1.165, 1.54) is 0 Å². The lowest BCUT2D eigenvalue weighted by Crippen LogP contribution is -1.91. The van der Waals surface area contributed by atoms with Crippen molar-refractivity contribution >= 4 is 23.2 Å². The third kappa shape index (κ3) is 2.88. The monoisotopic (exact) mass is 243 g/mol. The Labute approximate surface area is 105 Å². The summed E-state index contributed by atoms with van der Waals surface area (Å²) >= 11 is 1.57. The first-order chi connectivity index (χ1) is 8.16. The van der Waals surface area contributed by atoms with Crippen LogP contribution in [0.15, 0.2) is 58.3 Å². The van der Waals surface area contributed by atoms with Gasteiger partial charge in [-0.3, -0.25) is 4.79 Å². The lowest BCUT2D eigenvalue weighted by atomic mass is 10.2. The van der Waals surface area contributed by atoms with Gasteiger partial charge in [0, 0.05) is 21.0 Å². The van der Waals surface area contributed by atoms with E-state index in [4.69, 9.17) is 5.73 Å². The van der Waals surface area contributed by atoms with Crippen LogP contribution in [-0.4, -0.2) is 5.78 Å². The Balaban J connectivity index is 2.28. The molecule has 0 heterocycles. The highest BCUT2D eigenvalue weighted by Crippen LogP contribution is 2.32. The van der Waals surface area contributed by atoms with Crippen molar-refractivity contribution < 1.29 is 4.79 Å². The van der Waals surface area contributed by atoms with Crippen LogP contribution >= 0.6 is 11.8 Å². The normalized spacial score (nSPS) is 10.2. The number of carbonyl (C=O) groups excluding carboxylic acids is 1. The topological polar surface area (TPSA) is 43.1 Å². The van der Waals surface area contributed by atoms with Crippen molar-refractivity contribution in [2.45, 2.75) is 16.7 Å². The van der Waals surface area contributed by atoms with Crippen molar-refractivity contribution in [3.05, 3.63) is 54.1 Å². The molecule has 0 saturated heterocycles. The van der Waals surface area contributed by atoms with E-state index >= 15 is 0 Å². The second-order valence-electron chi connectivity index (χ2n) is 3.72. The summed E-state index contributed by atoms with van der Waals surface area (Å²) in [7, 11) is 0. The van der Waals surface area contributed by atoms with E-state index < -0.39 is 0 Å². The Hall–Kier alpha value is -1.74. The summed E-state index contributed by atoms with van der Waals surface area (Å²) in [6.45, 7) is 1.57. The highest BCUT2D eigenvalue weighted by molar-refractivity contribution is 7.99. The van der Waals surface area contributed by atoms with E-state index in [1.54, 1.807) is 18.7 Å². The number of Topliss-reactive ketones (excluding diaryl/α,β-unsaturated/α-hetero) is 1. The quantitative estimate of drug-likeness (QED) is 0.661. The van der Waals surface area contributed by atoms with E-state index in [0.29, 0.717) is 0 Å². The molecule has 2 N–H and O–H groups in total. The van der Waals surface area contributed by atoms with Crippen LogP contribution in [0.3, 0.4) is 0 Å². The molecule has 0 aliphatic carbocycles. The van der Waals surface area contributed by atoms with E-state index in [1.807, 2.05) is 48.5 Å². The van der Waals surface area contributed by atoms with Crippen LogP contribution in [0, 0.1) is 0 Å². The van der Waals surface area contributed by atoms with E-state index in [9.17, 15) is 4.79 Å². The number of nitrogen functional groups attached to an aromatic ring is 1. The molecule has 0 radical (unpaired) electrons. The minimum atomic E-state index is 0.0773. The predicted octanol–water partition coefficient (Wildman–Crippen LogP) is 3.62. The van der Waals surface area contributed by atoms with Crippen molar-refractivity contribution in [2.24, 2.45) is 0 Å². The molecule has 0 fully saturated rings. The average Bonchev–Trinajstić information content (AvgIpc) is 2.32. The third-order valence-corrected chi connectivity index (χ3v) is 3.47. The Kier molecular flexibility index (Phi) is 3.49. The van der Waals surface area contributed by atoms with Crippen LogP contribution in [0.1, 0.15) is 17.3 Å². The number of benzene rings is 2. The van der Waals surface area contributed by atoms with Crippen molar-refractivity contribution in [1.29, 1.82) is 0 Å². The van der Waals surface area contributed by atoms with Gasteiger partial charge in [-0.15, -0.1) is 0 Å². The van der Waals surface area contributed by atoms with Gasteiger partial charge in [0.1, 0.15) is 0 Å². The molecular weight excluding hydrogens is 230 g/mol. The minimum absolute atomic E-state index is 0.0773. The number of ketones is 1. The fourth-order valence-corrected chi connectivity index (χ4v) is 2.40. The van der Waals surface area contributed by atoms with Gasteiger partial charge in [0.05, 0.1) is 0 Å². The number of hydrogen-bond acceptors (Lipinski definition) is 3. The van der Waals surface area contributed by atoms with Crippen molar-refractivity contribution in [2.75, 3.05) is 5.73 Å². The first-order valence-corrected chi connectivity index (χ1v) is 6.12. The summed E-state index contributed by atoms with van der Waals surface area (Å²) in [5.74, 6) is 0.0773. The standard InChI is InChI=1S/C14H13NOS/c1-10(16)11-5-4-6-12(9-11)17-14-8-3-2-7-13(14)15/h2-9H,15H2,1H3. The molecule has 0 saturated carbocycles. The lowest BCUT2D eigenvalue weighted by Gasteiger charge is -2.05. The fraction of sp³-hybridized carbons (Fsp3) is 0.0714. The largest absolute Gasteiger partial charge is 0.398 e. The van der Waals surface area contributed by atoms with E-state index in [2.05, 4.69) is 0 Å². The minimum Gasteiger partial charge on any atom is -0.398 e. The van der Waals surface area contributed by atoms with Gasteiger partial charge >= 0.3 is 0 Å². The van der Waals surface area contributed by atoms with Crippen LogP contribution in [-0.2, 0) is 0 Å². The summed E-state index contributed by atoms with van der Waals surface area (Å²) in [5, 5.41) is 0. The summed E-state index contributed by atoms with van der Waals surface area (Å²) in [5.41, 5.74) is 7.36.